The highest BCUT2D eigenvalue weighted by molar-refractivity contribution is 7.15. The smallest absolute Gasteiger partial charge is 0.323 e. The lowest BCUT2D eigenvalue weighted by atomic mass is 9.82. The molecule has 9 heteroatoms. The van der Waals surface area contributed by atoms with Crippen molar-refractivity contribution >= 4 is 34.3 Å². The molecule has 0 aromatic carbocycles. The van der Waals surface area contributed by atoms with E-state index in [0.717, 1.165) is 37.1 Å². The zero-order valence-electron chi connectivity index (χ0n) is 17.9. The van der Waals surface area contributed by atoms with E-state index in [0.29, 0.717) is 18.0 Å². The van der Waals surface area contributed by atoms with E-state index in [-0.39, 0.29) is 30.8 Å². The number of hydrogen-bond acceptors (Lipinski definition) is 6. The maximum atomic E-state index is 12.7. The Morgan fingerprint density at radius 3 is 2.60 bits per heavy atom. The Kier molecular flexibility index (Phi) is 8.18. The standard InChI is InChI=1S/C21H33N5O3S/c1-2-3-4-5-6-8-11-17-24-25-19(30-17)22-16(27)12-15-26-18(28)21(23-20(26)29)13-9-7-10-14-21/h2-15H2,1H3,(H,23,29)(H,22,25,27). The molecular weight excluding hydrogens is 402 g/mol. The first-order valence-corrected chi connectivity index (χ1v) is 12.1. The fourth-order valence-electron chi connectivity index (χ4n) is 4.23. The van der Waals surface area contributed by atoms with Gasteiger partial charge in [-0.15, -0.1) is 10.2 Å². The van der Waals surface area contributed by atoms with Gasteiger partial charge in [0.25, 0.3) is 5.91 Å². The van der Waals surface area contributed by atoms with Crippen molar-refractivity contribution < 1.29 is 14.4 Å². The van der Waals surface area contributed by atoms with Gasteiger partial charge in [0.2, 0.25) is 11.0 Å². The van der Waals surface area contributed by atoms with Gasteiger partial charge in [-0.1, -0.05) is 69.6 Å². The molecule has 0 bridgehead atoms. The number of imide groups is 1. The lowest BCUT2D eigenvalue weighted by Gasteiger charge is -2.30. The van der Waals surface area contributed by atoms with Gasteiger partial charge in [-0.3, -0.25) is 14.5 Å². The average Bonchev–Trinajstić information content (AvgIpc) is 3.26. The molecule has 1 spiro atoms. The van der Waals surface area contributed by atoms with Crippen LogP contribution in [-0.4, -0.2) is 45.0 Å². The summed E-state index contributed by atoms with van der Waals surface area (Å²) in [5.41, 5.74) is -0.740. The van der Waals surface area contributed by atoms with E-state index in [1.54, 1.807) is 0 Å². The van der Waals surface area contributed by atoms with E-state index < -0.39 is 5.54 Å². The number of amides is 4. The van der Waals surface area contributed by atoms with Crippen LogP contribution in [0.25, 0.3) is 0 Å². The number of rotatable bonds is 11. The van der Waals surface area contributed by atoms with Crippen LogP contribution in [0.1, 0.15) is 89.0 Å². The van der Waals surface area contributed by atoms with Crippen LogP contribution >= 0.6 is 11.3 Å². The van der Waals surface area contributed by atoms with Crippen LogP contribution in [0.5, 0.6) is 0 Å². The summed E-state index contributed by atoms with van der Waals surface area (Å²) >= 11 is 1.39. The fourth-order valence-corrected chi connectivity index (χ4v) is 5.03. The average molecular weight is 436 g/mol. The number of carbonyl (C=O) groups is 3. The van der Waals surface area contributed by atoms with E-state index in [2.05, 4.69) is 27.8 Å². The molecule has 0 radical (unpaired) electrons. The summed E-state index contributed by atoms with van der Waals surface area (Å²) in [4.78, 5) is 38.5. The zero-order chi connectivity index (χ0) is 21.4. The Hall–Kier alpha value is -2.03. The summed E-state index contributed by atoms with van der Waals surface area (Å²) in [6.07, 6.45) is 12.6. The number of aryl methyl sites for hydroxylation is 1. The second-order valence-electron chi connectivity index (χ2n) is 8.35. The minimum Gasteiger partial charge on any atom is -0.323 e. The molecule has 1 aromatic heterocycles. The first-order chi connectivity index (χ1) is 14.5. The molecule has 0 unspecified atom stereocenters. The second kappa shape index (κ2) is 10.8. The molecule has 1 aliphatic carbocycles. The molecule has 2 N–H and O–H groups in total. The van der Waals surface area contributed by atoms with Crippen LogP contribution in [0, 0.1) is 0 Å². The van der Waals surface area contributed by atoms with Crippen molar-refractivity contribution in [3.63, 3.8) is 0 Å². The highest BCUT2D eigenvalue weighted by Crippen LogP contribution is 2.33. The van der Waals surface area contributed by atoms with Gasteiger partial charge in [-0.25, -0.2) is 4.79 Å². The van der Waals surface area contributed by atoms with Crippen LogP contribution in [0.2, 0.25) is 0 Å². The summed E-state index contributed by atoms with van der Waals surface area (Å²) in [5.74, 6) is -0.445. The molecule has 2 aliphatic rings. The summed E-state index contributed by atoms with van der Waals surface area (Å²) in [6.45, 7) is 2.30. The number of unbranched alkanes of at least 4 members (excludes halogenated alkanes) is 5. The summed E-state index contributed by atoms with van der Waals surface area (Å²) in [7, 11) is 0. The predicted molar refractivity (Wildman–Crippen MR) is 116 cm³/mol. The highest BCUT2D eigenvalue weighted by atomic mass is 32.1. The SMILES string of the molecule is CCCCCCCCc1nnc(NC(=O)CCN2C(=O)NC3(CCCCC3)C2=O)s1. The van der Waals surface area contributed by atoms with Gasteiger partial charge in [0.15, 0.2) is 0 Å². The van der Waals surface area contributed by atoms with Gasteiger partial charge >= 0.3 is 6.03 Å². The molecular formula is C21H33N5O3S. The third-order valence-corrected chi connectivity index (χ3v) is 6.87. The van der Waals surface area contributed by atoms with Crippen LogP contribution < -0.4 is 10.6 Å². The summed E-state index contributed by atoms with van der Waals surface area (Å²) in [5, 5.41) is 15.2. The third kappa shape index (κ3) is 5.77. The van der Waals surface area contributed by atoms with Gasteiger partial charge in [-0.05, 0) is 19.3 Å². The monoisotopic (exact) mass is 435 g/mol. The lowest BCUT2D eigenvalue weighted by Crippen LogP contribution is -2.48. The van der Waals surface area contributed by atoms with Gasteiger partial charge in [0.05, 0.1) is 0 Å². The van der Waals surface area contributed by atoms with Crippen LogP contribution in [-0.2, 0) is 16.0 Å². The Bertz CT molecular complexity index is 745. The molecule has 1 aliphatic heterocycles. The Morgan fingerprint density at radius 1 is 1.10 bits per heavy atom. The first-order valence-electron chi connectivity index (χ1n) is 11.3. The molecule has 2 heterocycles. The molecule has 2 fully saturated rings. The van der Waals surface area contributed by atoms with Gasteiger partial charge in [0, 0.05) is 19.4 Å². The minimum absolute atomic E-state index is 0.0571. The molecule has 4 amide bonds. The largest absolute Gasteiger partial charge is 0.325 e. The lowest BCUT2D eigenvalue weighted by molar-refractivity contribution is -0.132. The zero-order valence-corrected chi connectivity index (χ0v) is 18.7. The van der Waals surface area contributed by atoms with Gasteiger partial charge in [-0.2, -0.15) is 0 Å². The molecule has 1 aromatic rings. The maximum Gasteiger partial charge on any atom is 0.325 e. The van der Waals surface area contributed by atoms with Crippen LogP contribution in [0.4, 0.5) is 9.93 Å². The van der Waals surface area contributed by atoms with Crippen LogP contribution in [0.15, 0.2) is 0 Å². The molecule has 1 saturated carbocycles. The Labute approximate surface area is 182 Å². The number of carbonyl (C=O) groups excluding carboxylic acids is 3. The third-order valence-electron chi connectivity index (χ3n) is 5.97. The number of nitrogens with zero attached hydrogens (tertiary/aromatic N) is 3. The van der Waals surface area contributed by atoms with Crippen molar-refractivity contribution in [1.29, 1.82) is 0 Å². The first kappa shape index (κ1) is 22.7. The molecule has 3 rings (SSSR count). The number of nitrogens with one attached hydrogen (secondary N) is 2. The van der Waals surface area contributed by atoms with Crippen molar-refractivity contribution in [1.82, 2.24) is 20.4 Å². The van der Waals surface area contributed by atoms with Crippen molar-refractivity contribution in [3.8, 4) is 0 Å². The number of hydrogen-bond donors (Lipinski definition) is 2. The molecule has 30 heavy (non-hydrogen) atoms. The van der Waals surface area contributed by atoms with E-state index in [9.17, 15) is 14.4 Å². The van der Waals surface area contributed by atoms with Crippen molar-refractivity contribution in [3.05, 3.63) is 5.01 Å². The van der Waals surface area contributed by atoms with Gasteiger partial charge < -0.3 is 10.6 Å². The maximum absolute atomic E-state index is 12.7. The minimum atomic E-state index is -0.740. The molecule has 8 nitrogen and oxygen atoms in total. The quantitative estimate of drug-likeness (QED) is 0.403. The Morgan fingerprint density at radius 2 is 1.83 bits per heavy atom. The topological polar surface area (TPSA) is 104 Å². The Balaban J connectivity index is 1.39. The van der Waals surface area contributed by atoms with E-state index in [4.69, 9.17) is 0 Å². The molecule has 166 valence electrons. The predicted octanol–water partition coefficient (Wildman–Crippen LogP) is 4.02. The van der Waals surface area contributed by atoms with E-state index >= 15 is 0 Å². The molecule has 0 atom stereocenters. The number of urea groups is 1. The fraction of sp³-hybridized carbons (Fsp3) is 0.762. The second-order valence-corrected chi connectivity index (χ2v) is 9.41. The van der Waals surface area contributed by atoms with Gasteiger partial charge in [0.1, 0.15) is 10.5 Å². The van der Waals surface area contributed by atoms with Crippen molar-refractivity contribution in [2.75, 3.05) is 11.9 Å². The normalized spacial score (nSPS) is 18.1. The van der Waals surface area contributed by atoms with Crippen LogP contribution in [0.3, 0.4) is 0 Å². The number of anilines is 1. The number of aromatic nitrogens is 2. The van der Waals surface area contributed by atoms with E-state index in [1.165, 1.54) is 48.3 Å². The summed E-state index contributed by atoms with van der Waals surface area (Å²) < 4.78 is 0. The highest BCUT2D eigenvalue weighted by Gasteiger charge is 2.51. The van der Waals surface area contributed by atoms with Crippen molar-refractivity contribution in [2.45, 2.75) is 95.9 Å². The molecule has 1 saturated heterocycles. The van der Waals surface area contributed by atoms with Crippen molar-refractivity contribution in [2.24, 2.45) is 0 Å². The summed E-state index contributed by atoms with van der Waals surface area (Å²) in [6, 6.07) is -0.383. The van der Waals surface area contributed by atoms with E-state index in [1.807, 2.05) is 0 Å².